The standard InChI is InChI=1S/C7H16N2O5S/c1-6(10)9-4-2-3-7(5-9)8-14-15(11,12)13/h7-8,11-13H,2-5H2,1H3. The zero-order valence-electron chi connectivity index (χ0n) is 8.42. The summed E-state index contributed by atoms with van der Waals surface area (Å²) in [6.07, 6.45) is 1.56. The summed E-state index contributed by atoms with van der Waals surface area (Å²) in [5.41, 5.74) is 2.34. The van der Waals surface area contributed by atoms with Crippen LogP contribution in [0.15, 0.2) is 0 Å². The molecule has 0 bridgehead atoms. The highest BCUT2D eigenvalue weighted by Gasteiger charge is 2.23. The van der Waals surface area contributed by atoms with Gasteiger partial charge in [0.2, 0.25) is 17.1 Å². The van der Waals surface area contributed by atoms with Crippen LogP contribution in [0.25, 0.3) is 0 Å². The van der Waals surface area contributed by atoms with Crippen LogP contribution in [0.4, 0.5) is 0 Å². The molecule has 90 valence electrons. The maximum absolute atomic E-state index is 11.1. The number of nitrogens with zero attached hydrogens (tertiary/aromatic N) is 1. The van der Waals surface area contributed by atoms with Gasteiger partial charge in [-0.25, -0.2) is 0 Å². The second kappa shape index (κ2) is 5.10. The van der Waals surface area contributed by atoms with E-state index in [9.17, 15) is 4.79 Å². The van der Waals surface area contributed by atoms with Crippen molar-refractivity contribution in [2.45, 2.75) is 25.8 Å². The molecule has 7 nitrogen and oxygen atoms in total. The van der Waals surface area contributed by atoms with Crippen molar-refractivity contribution in [3.8, 4) is 0 Å². The first-order valence-corrected chi connectivity index (χ1v) is 6.01. The Morgan fingerprint density at radius 3 is 2.73 bits per heavy atom. The smallest absolute Gasteiger partial charge is 0.233 e. The molecular weight excluding hydrogens is 224 g/mol. The van der Waals surface area contributed by atoms with Gasteiger partial charge in [-0.3, -0.25) is 18.5 Å². The molecule has 0 aromatic rings. The topological polar surface area (TPSA) is 102 Å². The summed E-state index contributed by atoms with van der Waals surface area (Å²) in [5, 5.41) is 0. The second-order valence-corrected chi connectivity index (χ2v) is 4.58. The van der Waals surface area contributed by atoms with Crippen LogP contribution in [0.2, 0.25) is 0 Å². The van der Waals surface area contributed by atoms with Gasteiger partial charge < -0.3 is 4.90 Å². The number of piperidine rings is 1. The van der Waals surface area contributed by atoms with E-state index in [1.54, 1.807) is 4.90 Å². The first kappa shape index (κ1) is 12.7. The van der Waals surface area contributed by atoms with Gasteiger partial charge in [-0.1, -0.05) is 0 Å². The molecule has 8 heteroatoms. The van der Waals surface area contributed by atoms with Crippen molar-refractivity contribution >= 4 is 17.1 Å². The van der Waals surface area contributed by atoms with Gasteiger partial charge >= 0.3 is 0 Å². The largest absolute Gasteiger partial charge is 0.341 e. The third-order valence-electron chi connectivity index (χ3n) is 2.19. The van der Waals surface area contributed by atoms with Crippen molar-refractivity contribution in [3.05, 3.63) is 0 Å². The van der Waals surface area contributed by atoms with Crippen LogP contribution in [0.3, 0.4) is 0 Å². The Labute approximate surface area is 89.7 Å². The monoisotopic (exact) mass is 240 g/mol. The third kappa shape index (κ3) is 4.78. The summed E-state index contributed by atoms with van der Waals surface area (Å²) in [6, 6.07) is -0.194. The Hall–Kier alpha value is -0.380. The van der Waals surface area contributed by atoms with E-state index in [1.165, 1.54) is 6.92 Å². The maximum atomic E-state index is 11.1. The summed E-state index contributed by atoms with van der Waals surface area (Å²) >= 11 is -3.98. The predicted octanol–water partition coefficient (Wildman–Crippen LogP) is 0.657. The Morgan fingerprint density at radius 1 is 1.53 bits per heavy atom. The number of carbonyl (C=O) groups is 1. The van der Waals surface area contributed by atoms with Crippen LogP contribution >= 0.6 is 11.2 Å². The van der Waals surface area contributed by atoms with Crippen molar-refractivity contribution < 1.29 is 22.7 Å². The van der Waals surface area contributed by atoms with Gasteiger partial charge in [0.25, 0.3) is 0 Å². The number of amides is 1. The molecule has 1 fully saturated rings. The molecule has 1 amide bonds. The lowest BCUT2D eigenvalue weighted by Gasteiger charge is -2.33. The number of hydroxylamine groups is 1. The highest BCUT2D eigenvalue weighted by molar-refractivity contribution is 8.15. The van der Waals surface area contributed by atoms with Gasteiger partial charge in [0, 0.05) is 20.0 Å². The molecule has 1 rings (SSSR count). The fraction of sp³-hybridized carbons (Fsp3) is 0.857. The summed E-state index contributed by atoms with van der Waals surface area (Å²) in [7, 11) is 0. The van der Waals surface area contributed by atoms with E-state index in [0.29, 0.717) is 13.1 Å². The van der Waals surface area contributed by atoms with Gasteiger partial charge in [-0.05, 0) is 12.8 Å². The molecule has 0 aliphatic carbocycles. The molecule has 1 unspecified atom stereocenters. The number of rotatable bonds is 3. The molecular formula is C7H16N2O5S. The van der Waals surface area contributed by atoms with Crippen LogP contribution in [0.5, 0.6) is 0 Å². The van der Waals surface area contributed by atoms with Gasteiger partial charge in [0.1, 0.15) is 0 Å². The molecule has 1 aliphatic heterocycles. The molecule has 0 radical (unpaired) electrons. The summed E-state index contributed by atoms with van der Waals surface area (Å²) in [5.74, 6) is -0.0305. The fourth-order valence-electron chi connectivity index (χ4n) is 1.49. The minimum absolute atomic E-state index is 0.0305. The van der Waals surface area contributed by atoms with Crippen molar-refractivity contribution in [1.82, 2.24) is 10.4 Å². The molecule has 1 saturated heterocycles. The van der Waals surface area contributed by atoms with E-state index in [4.69, 9.17) is 13.7 Å². The van der Waals surface area contributed by atoms with Gasteiger partial charge in [0.15, 0.2) is 0 Å². The molecule has 15 heavy (non-hydrogen) atoms. The SMILES string of the molecule is CC(=O)N1CCCC(NOS(O)(O)O)C1. The van der Waals surface area contributed by atoms with E-state index in [1.807, 2.05) is 0 Å². The van der Waals surface area contributed by atoms with Gasteiger partial charge in [-0.2, -0.15) is 9.76 Å². The number of hydrogen-bond donors (Lipinski definition) is 4. The molecule has 0 aromatic heterocycles. The molecule has 1 aliphatic rings. The zero-order valence-corrected chi connectivity index (χ0v) is 9.24. The summed E-state index contributed by atoms with van der Waals surface area (Å²) in [4.78, 5) is 12.7. The maximum Gasteiger partial charge on any atom is 0.233 e. The average Bonchev–Trinajstić information content (AvgIpc) is 2.14. The van der Waals surface area contributed by atoms with Crippen LogP contribution in [0.1, 0.15) is 19.8 Å². The molecule has 0 aromatic carbocycles. The molecule has 1 heterocycles. The van der Waals surface area contributed by atoms with Gasteiger partial charge in [-0.15, -0.1) is 0 Å². The second-order valence-electron chi connectivity index (χ2n) is 3.47. The number of carbonyl (C=O) groups excluding carboxylic acids is 1. The Kier molecular flexibility index (Phi) is 4.32. The lowest BCUT2D eigenvalue weighted by Crippen LogP contribution is -2.47. The fourth-order valence-corrected chi connectivity index (χ4v) is 1.76. The first-order valence-electron chi connectivity index (χ1n) is 4.58. The van der Waals surface area contributed by atoms with E-state index in [0.717, 1.165) is 12.8 Å². The summed E-state index contributed by atoms with van der Waals surface area (Å²) in [6.45, 7) is 2.61. The van der Waals surface area contributed by atoms with Crippen LogP contribution in [-0.2, 0) is 9.08 Å². The van der Waals surface area contributed by atoms with E-state index < -0.39 is 11.2 Å². The average molecular weight is 240 g/mol. The summed E-state index contributed by atoms with van der Waals surface area (Å²) < 4.78 is 29.9. The van der Waals surface area contributed by atoms with Crippen molar-refractivity contribution in [2.24, 2.45) is 0 Å². The first-order chi connectivity index (χ1) is 6.88. The zero-order chi connectivity index (χ0) is 11.5. The number of nitrogens with one attached hydrogen (secondary N) is 1. The van der Waals surface area contributed by atoms with Crippen LogP contribution < -0.4 is 5.48 Å². The molecule has 0 saturated carbocycles. The molecule has 4 N–H and O–H groups in total. The predicted molar refractivity (Wildman–Crippen MR) is 55.0 cm³/mol. The molecule has 0 spiro atoms. The Bertz CT molecular complexity index is 232. The van der Waals surface area contributed by atoms with Gasteiger partial charge in [0.05, 0.1) is 6.04 Å². The van der Waals surface area contributed by atoms with Crippen molar-refractivity contribution in [3.63, 3.8) is 0 Å². The highest BCUT2D eigenvalue weighted by atomic mass is 32.3. The van der Waals surface area contributed by atoms with E-state index in [2.05, 4.69) is 9.76 Å². The molecule has 1 atom stereocenters. The van der Waals surface area contributed by atoms with E-state index in [-0.39, 0.29) is 11.9 Å². The lowest BCUT2D eigenvalue weighted by molar-refractivity contribution is -0.130. The van der Waals surface area contributed by atoms with Crippen molar-refractivity contribution in [2.75, 3.05) is 13.1 Å². The normalized spacial score (nSPS) is 24.0. The quantitative estimate of drug-likeness (QED) is 0.540. The van der Waals surface area contributed by atoms with E-state index >= 15 is 0 Å². The third-order valence-corrected chi connectivity index (χ3v) is 2.51. The number of likely N-dealkylation sites (tertiary alicyclic amines) is 1. The minimum atomic E-state index is -3.98. The number of hydrogen-bond acceptors (Lipinski definition) is 6. The Morgan fingerprint density at radius 2 is 2.20 bits per heavy atom. The van der Waals surface area contributed by atoms with Crippen LogP contribution in [0, 0.1) is 0 Å². The van der Waals surface area contributed by atoms with Crippen LogP contribution in [-0.4, -0.2) is 43.6 Å². The Balaban J connectivity index is 2.34. The minimum Gasteiger partial charge on any atom is -0.341 e. The van der Waals surface area contributed by atoms with Crippen molar-refractivity contribution in [1.29, 1.82) is 0 Å². The highest BCUT2D eigenvalue weighted by Crippen LogP contribution is 2.32. The lowest BCUT2D eigenvalue weighted by atomic mass is 10.1.